The zero-order valence-electron chi connectivity index (χ0n) is 12.8. The molecule has 0 fully saturated rings. The fraction of sp³-hybridized carbons (Fsp3) is 0.200. The molecule has 1 aromatic carbocycles. The van der Waals surface area contributed by atoms with Crippen LogP contribution in [0.5, 0.6) is 0 Å². The molecular formula is C15H13F4NO4S. The van der Waals surface area contributed by atoms with Gasteiger partial charge in [-0.1, -0.05) is 30.3 Å². The molecular weight excluding hydrogens is 366 g/mol. The SMILES string of the molecule is CC(=O)c1ccc[n+](Cc2ccccc2)c1F.O=S(=O)([O-])C(F)(F)F. The van der Waals surface area contributed by atoms with Crippen molar-refractivity contribution in [2.75, 3.05) is 0 Å². The molecule has 0 saturated heterocycles. The molecule has 0 saturated carbocycles. The monoisotopic (exact) mass is 379 g/mol. The lowest BCUT2D eigenvalue weighted by atomic mass is 10.2. The number of hydrogen-bond acceptors (Lipinski definition) is 4. The first-order valence-electron chi connectivity index (χ1n) is 6.68. The van der Waals surface area contributed by atoms with Crippen molar-refractivity contribution in [1.82, 2.24) is 0 Å². The predicted octanol–water partition coefficient (Wildman–Crippen LogP) is 2.42. The Hall–Kier alpha value is -2.33. The van der Waals surface area contributed by atoms with Gasteiger partial charge in [0.05, 0.1) is 0 Å². The van der Waals surface area contributed by atoms with Crippen molar-refractivity contribution in [1.29, 1.82) is 0 Å². The molecule has 2 aromatic rings. The largest absolute Gasteiger partial charge is 0.741 e. The molecule has 0 amide bonds. The molecule has 0 bridgehead atoms. The molecule has 5 nitrogen and oxygen atoms in total. The topological polar surface area (TPSA) is 78.1 Å². The average Bonchev–Trinajstić information content (AvgIpc) is 2.49. The number of carbonyl (C=O) groups excluding carboxylic acids is 1. The Bertz CT molecular complexity index is 836. The van der Waals surface area contributed by atoms with Gasteiger partial charge in [-0.05, 0) is 13.0 Å². The van der Waals surface area contributed by atoms with Gasteiger partial charge in [0.15, 0.2) is 28.6 Å². The molecule has 0 N–H and O–H groups in total. The van der Waals surface area contributed by atoms with Gasteiger partial charge in [0.2, 0.25) is 0 Å². The maximum Gasteiger partial charge on any atom is 0.485 e. The lowest BCUT2D eigenvalue weighted by molar-refractivity contribution is -0.716. The number of halogens is 4. The van der Waals surface area contributed by atoms with Crippen LogP contribution < -0.4 is 4.57 Å². The number of pyridine rings is 1. The van der Waals surface area contributed by atoms with E-state index in [0.717, 1.165) is 5.56 Å². The van der Waals surface area contributed by atoms with Crippen molar-refractivity contribution in [2.45, 2.75) is 19.0 Å². The van der Waals surface area contributed by atoms with Gasteiger partial charge in [0, 0.05) is 11.6 Å². The first-order valence-corrected chi connectivity index (χ1v) is 8.09. The maximum absolute atomic E-state index is 14.0. The Morgan fingerprint density at radius 1 is 1.12 bits per heavy atom. The summed E-state index contributed by atoms with van der Waals surface area (Å²) in [7, 11) is -6.09. The van der Waals surface area contributed by atoms with Gasteiger partial charge in [-0.2, -0.15) is 17.7 Å². The normalized spacial score (nSPS) is 11.4. The third-order valence-corrected chi connectivity index (χ3v) is 3.43. The first-order chi connectivity index (χ1) is 11.4. The molecule has 1 heterocycles. The summed E-state index contributed by atoms with van der Waals surface area (Å²) in [4.78, 5) is 11.2. The van der Waals surface area contributed by atoms with Crippen LogP contribution in [0.3, 0.4) is 0 Å². The molecule has 25 heavy (non-hydrogen) atoms. The van der Waals surface area contributed by atoms with Gasteiger partial charge in [0.25, 0.3) is 0 Å². The van der Waals surface area contributed by atoms with Crippen molar-refractivity contribution >= 4 is 15.9 Å². The Labute approximate surface area is 141 Å². The second kappa shape index (κ2) is 8.17. The molecule has 0 aliphatic rings. The van der Waals surface area contributed by atoms with Crippen molar-refractivity contribution in [3.63, 3.8) is 0 Å². The highest BCUT2D eigenvalue weighted by Gasteiger charge is 2.36. The van der Waals surface area contributed by atoms with Crippen LogP contribution in [0.1, 0.15) is 22.8 Å². The summed E-state index contributed by atoms with van der Waals surface area (Å²) in [5, 5.41) is 0. The number of rotatable bonds is 3. The van der Waals surface area contributed by atoms with E-state index in [9.17, 15) is 22.4 Å². The summed E-state index contributed by atoms with van der Waals surface area (Å²) in [5.41, 5.74) is -4.52. The van der Waals surface area contributed by atoms with Gasteiger partial charge in [-0.15, -0.1) is 4.39 Å². The van der Waals surface area contributed by atoms with Crippen LogP contribution in [0.25, 0.3) is 0 Å². The number of hydrogen-bond donors (Lipinski definition) is 0. The van der Waals surface area contributed by atoms with Crippen molar-refractivity contribution in [3.05, 3.63) is 65.7 Å². The Balaban J connectivity index is 0.000000333. The Morgan fingerprint density at radius 2 is 1.64 bits per heavy atom. The molecule has 0 atom stereocenters. The number of alkyl halides is 3. The van der Waals surface area contributed by atoms with Crippen LogP contribution >= 0.6 is 0 Å². The fourth-order valence-electron chi connectivity index (χ4n) is 1.70. The molecule has 136 valence electrons. The quantitative estimate of drug-likeness (QED) is 0.205. The summed E-state index contributed by atoms with van der Waals surface area (Å²) in [5.74, 6) is -0.742. The van der Waals surface area contributed by atoms with E-state index < -0.39 is 21.6 Å². The molecule has 0 aliphatic carbocycles. The minimum atomic E-state index is -6.09. The zero-order valence-corrected chi connectivity index (χ0v) is 13.6. The standard InChI is InChI=1S/C14H13FNO.CHF3O3S/c1-11(17)13-8-5-9-16(14(13)15)10-12-6-3-2-4-7-12;2-1(3,4)8(5,6)7/h2-9H,10H2,1H3;(H,5,6,7)/q+1;/p-1. The fourth-order valence-corrected chi connectivity index (χ4v) is 1.70. The van der Waals surface area contributed by atoms with E-state index in [4.69, 9.17) is 13.0 Å². The van der Waals surface area contributed by atoms with E-state index in [2.05, 4.69) is 0 Å². The summed E-state index contributed by atoms with van der Waals surface area (Å²) in [6, 6.07) is 12.8. The Morgan fingerprint density at radius 3 is 2.08 bits per heavy atom. The van der Waals surface area contributed by atoms with Gasteiger partial charge in [-0.25, -0.2) is 8.42 Å². The van der Waals surface area contributed by atoms with Crippen molar-refractivity contribution in [2.24, 2.45) is 0 Å². The van der Waals surface area contributed by atoms with E-state index in [-0.39, 0.29) is 11.3 Å². The van der Waals surface area contributed by atoms with E-state index in [1.54, 1.807) is 12.3 Å². The van der Waals surface area contributed by atoms with E-state index in [1.807, 2.05) is 30.3 Å². The second-order valence-corrected chi connectivity index (χ2v) is 6.15. The van der Waals surface area contributed by atoms with Gasteiger partial charge < -0.3 is 4.55 Å². The maximum atomic E-state index is 14.0. The van der Waals surface area contributed by atoms with Gasteiger partial charge >= 0.3 is 11.5 Å². The number of carbonyl (C=O) groups is 1. The van der Waals surface area contributed by atoms with Crippen LogP contribution in [-0.2, 0) is 16.7 Å². The smallest absolute Gasteiger partial charge is 0.485 e. The Kier molecular flexibility index (Phi) is 6.77. The van der Waals surface area contributed by atoms with Crippen molar-refractivity contribution in [3.8, 4) is 0 Å². The second-order valence-electron chi connectivity index (χ2n) is 4.78. The van der Waals surface area contributed by atoms with Gasteiger partial charge in [-0.3, -0.25) is 4.79 Å². The third kappa shape index (κ3) is 6.24. The lowest BCUT2D eigenvalue weighted by Crippen LogP contribution is -2.39. The molecule has 0 radical (unpaired) electrons. The molecule has 0 unspecified atom stereocenters. The number of benzene rings is 1. The van der Waals surface area contributed by atoms with E-state index in [1.165, 1.54) is 17.6 Å². The minimum Gasteiger partial charge on any atom is -0.741 e. The highest BCUT2D eigenvalue weighted by Crippen LogP contribution is 2.20. The summed E-state index contributed by atoms with van der Waals surface area (Å²) < 4.78 is 74.3. The van der Waals surface area contributed by atoms with Crippen LogP contribution in [0.2, 0.25) is 0 Å². The number of aromatic nitrogens is 1. The third-order valence-electron chi connectivity index (χ3n) is 2.86. The summed E-state index contributed by atoms with van der Waals surface area (Å²) >= 11 is 0. The van der Waals surface area contributed by atoms with Crippen LogP contribution in [0.15, 0.2) is 48.7 Å². The highest BCUT2D eigenvalue weighted by atomic mass is 32.2. The minimum absolute atomic E-state index is 0.128. The van der Waals surface area contributed by atoms with Crippen LogP contribution in [0, 0.1) is 5.95 Å². The van der Waals surface area contributed by atoms with Crippen LogP contribution in [-0.4, -0.2) is 24.3 Å². The molecule has 2 rings (SSSR count). The predicted molar refractivity (Wildman–Crippen MR) is 77.9 cm³/mol. The number of nitrogens with zero attached hydrogens (tertiary/aromatic N) is 1. The zero-order chi connectivity index (χ0) is 19.3. The molecule has 1 aromatic heterocycles. The molecule has 10 heteroatoms. The summed E-state index contributed by atoms with van der Waals surface area (Å²) in [6.45, 7) is 1.79. The number of ketones is 1. The average molecular weight is 379 g/mol. The first kappa shape index (κ1) is 20.7. The number of Topliss-reactive ketones (excluding diaryl/α,β-unsaturated/α-hetero) is 1. The van der Waals surface area contributed by atoms with E-state index in [0.29, 0.717) is 6.54 Å². The molecule has 0 spiro atoms. The lowest BCUT2D eigenvalue weighted by Gasteiger charge is -2.08. The van der Waals surface area contributed by atoms with Crippen LogP contribution in [0.4, 0.5) is 17.6 Å². The molecule has 0 aliphatic heterocycles. The van der Waals surface area contributed by atoms with Crippen molar-refractivity contribution < 1.29 is 39.9 Å². The van der Waals surface area contributed by atoms with Gasteiger partial charge in [0.1, 0.15) is 5.56 Å². The summed E-state index contributed by atoms with van der Waals surface area (Å²) in [6.07, 6.45) is 1.63. The van der Waals surface area contributed by atoms with E-state index >= 15 is 0 Å². The highest BCUT2D eigenvalue weighted by molar-refractivity contribution is 7.86.